The molecule has 1 aromatic carbocycles. The standard InChI is InChI=1S/C14H16/c1-3-7-13(8-4-1)11-12-14-9-5-2-6-10-14/h1,3-5,7-10H,2,6,11-12H2/i2D2. The molecule has 0 saturated carbocycles. The second-order valence-corrected chi connectivity index (χ2v) is 3.51. The summed E-state index contributed by atoms with van der Waals surface area (Å²) in [5.41, 5.74) is 2.59. The lowest BCUT2D eigenvalue weighted by Gasteiger charge is -2.06. The summed E-state index contributed by atoms with van der Waals surface area (Å²) in [5, 5.41) is 0. The Morgan fingerprint density at radius 3 is 2.71 bits per heavy atom. The predicted octanol–water partition coefficient (Wildman–Crippen LogP) is 3.90. The zero-order chi connectivity index (χ0) is 11.4. The number of rotatable bonds is 3. The highest BCUT2D eigenvalue weighted by Gasteiger charge is 1.98. The third kappa shape index (κ3) is 2.59. The van der Waals surface area contributed by atoms with Crippen molar-refractivity contribution in [2.24, 2.45) is 0 Å². The first-order valence-corrected chi connectivity index (χ1v) is 5.08. The molecule has 1 aliphatic carbocycles. The largest absolute Gasteiger partial charge is 0.0840 e. The monoisotopic (exact) mass is 186 g/mol. The summed E-state index contributed by atoms with van der Waals surface area (Å²) in [5.74, 6) is 0. The minimum absolute atomic E-state index is 0.508. The highest BCUT2D eigenvalue weighted by molar-refractivity contribution is 5.24. The van der Waals surface area contributed by atoms with Gasteiger partial charge in [-0.1, -0.05) is 54.1 Å². The molecular weight excluding hydrogens is 168 g/mol. The molecule has 0 saturated heterocycles. The SMILES string of the molecule is [2H]C1([2H])C=CC(CCc2ccccc2)=CC1. The smallest absolute Gasteiger partial charge is 0.0313 e. The quantitative estimate of drug-likeness (QED) is 0.671. The molecule has 72 valence electrons. The number of hydrogen-bond acceptors (Lipinski definition) is 0. The van der Waals surface area contributed by atoms with E-state index >= 15 is 0 Å². The summed E-state index contributed by atoms with van der Waals surface area (Å²) in [6.45, 7) is 0. The van der Waals surface area contributed by atoms with Crippen LogP contribution in [0.2, 0.25) is 0 Å². The molecule has 0 unspecified atom stereocenters. The average Bonchev–Trinajstić information content (AvgIpc) is 2.29. The van der Waals surface area contributed by atoms with Gasteiger partial charge in [-0.15, -0.1) is 0 Å². The minimum Gasteiger partial charge on any atom is -0.0840 e. The van der Waals surface area contributed by atoms with Crippen molar-refractivity contribution in [1.82, 2.24) is 0 Å². The van der Waals surface area contributed by atoms with Gasteiger partial charge in [-0.2, -0.15) is 0 Å². The van der Waals surface area contributed by atoms with E-state index in [1.807, 2.05) is 18.2 Å². The maximum absolute atomic E-state index is 7.55. The molecule has 0 N–H and O–H groups in total. The van der Waals surface area contributed by atoms with E-state index in [2.05, 4.69) is 24.3 Å². The molecule has 1 aliphatic rings. The molecule has 0 aromatic heterocycles. The lowest BCUT2D eigenvalue weighted by atomic mass is 10.00. The van der Waals surface area contributed by atoms with Crippen LogP contribution in [0.1, 0.15) is 27.5 Å². The zero-order valence-corrected chi connectivity index (χ0v) is 8.24. The summed E-state index contributed by atoms with van der Waals surface area (Å²) >= 11 is 0. The first-order chi connectivity index (χ1) is 7.66. The molecule has 0 spiro atoms. The van der Waals surface area contributed by atoms with Crippen molar-refractivity contribution in [2.75, 3.05) is 0 Å². The molecule has 2 rings (SSSR count). The topological polar surface area (TPSA) is 0 Å². The molecule has 0 radical (unpaired) electrons. The second kappa shape index (κ2) is 4.80. The van der Waals surface area contributed by atoms with Crippen molar-refractivity contribution in [3.63, 3.8) is 0 Å². The molecule has 0 heteroatoms. The van der Waals surface area contributed by atoms with Crippen LogP contribution in [-0.4, -0.2) is 0 Å². The summed E-state index contributed by atoms with van der Waals surface area (Å²) in [6.07, 6.45) is 7.00. The van der Waals surface area contributed by atoms with Gasteiger partial charge in [0.05, 0.1) is 0 Å². The van der Waals surface area contributed by atoms with Gasteiger partial charge in [-0.3, -0.25) is 0 Å². The zero-order valence-electron chi connectivity index (χ0n) is 10.2. The maximum atomic E-state index is 7.55. The molecule has 0 amide bonds. The van der Waals surface area contributed by atoms with E-state index in [0.717, 1.165) is 12.8 Å². The molecule has 0 heterocycles. The van der Waals surface area contributed by atoms with Crippen LogP contribution in [0, 0.1) is 0 Å². The van der Waals surface area contributed by atoms with Gasteiger partial charge >= 0.3 is 0 Å². The van der Waals surface area contributed by atoms with Crippen molar-refractivity contribution < 1.29 is 2.74 Å². The fourth-order valence-electron chi connectivity index (χ4n) is 1.61. The van der Waals surface area contributed by atoms with Gasteiger partial charge in [0, 0.05) is 2.74 Å². The third-order valence-electron chi connectivity index (χ3n) is 2.44. The lowest BCUT2D eigenvalue weighted by molar-refractivity contribution is 0.920. The van der Waals surface area contributed by atoms with Gasteiger partial charge in [0.1, 0.15) is 0 Å². The van der Waals surface area contributed by atoms with Crippen molar-refractivity contribution in [2.45, 2.75) is 25.6 Å². The molecule has 0 bridgehead atoms. The van der Waals surface area contributed by atoms with Gasteiger partial charge in [0.2, 0.25) is 0 Å². The van der Waals surface area contributed by atoms with E-state index in [9.17, 15) is 0 Å². The third-order valence-corrected chi connectivity index (χ3v) is 2.44. The van der Waals surface area contributed by atoms with Crippen molar-refractivity contribution in [3.8, 4) is 0 Å². The normalized spacial score (nSPS) is 21.0. The van der Waals surface area contributed by atoms with Crippen molar-refractivity contribution in [1.29, 1.82) is 0 Å². The van der Waals surface area contributed by atoms with E-state index in [1.54, 1.807) is 6.08 Å². The predicted molar refractivity (Wildman–Crippen MR) is 61.2 cm³/mol. The maximum Gasteiger partial charge on any atom is 0.0313 e. The van der Waals surface area contributed by atoms with Gasteiger partial charge in [-0.25, -0.2) is 0 Å². The first kappa shape index (κ1) is 7.05. The molecular formula is C14H16. The van der Waals surface area contributed by atoms with E-state index in [1.165, 1.54) is 11.1 Å². The van der Waals surface area contributed by atoms with Crippen LogP contribution in [0.4, 0.5) is 0 Å². The molecule has 0 atom stereocenters. The van der Waals surface area contributed by atoms with Gasteiger partial charge in [-0.05, 0) is 31.2 Å². The van der Waals surface area contributed by atoms with Crippen LogP contribution in [0.5, 0.6) is 0 Å². The van der Waals surface area contributed by atoms with Gasteiger partial charge in [0.15, 0.2) is 0 Å². The molecule has 1 aromatic rings. The molecule has 14 heavy (non-hydrogen) atoms. The number of benzene rings is 1. The molecule has 0 aliphatic heterocycles. The lowest BCUT2D eigenvalue weighted by Crippen LogP contribution is -1.89. The van der Waals surface area contributed by atoms with Crippen LogP contribution in [0.3, 0.4) is 0 Å². The fourth-order valence-corrected chi connectivity index (χ4v) is 1.61. The average molecular weight is 186 g/mol. The van der Waals surface area contributed by atoms with E-state index < -0.39 is 6.37 Å². The van der Waals surface area contributed by atoms with Crippen LogP contribution in [0.15, 0.2) is 54.1 Å². The summed E-state index contributed by atoms with van der Waals surface area (Å²) in [4.78, 5) is 0. The summed E-state index contributed by atoms with van der Waals surface area (Å²) in [7, 11) is 0. The van der Waals surface area contributed by atoms with Crippen molar-refractivity contribution >= 4 is 0 Å². The van der Waals surface area contributed by atoms with E-state index in [-0.39, 0.29) is 0 Å². The van der Waals surface area contributed by atoms with Crippen molar-refractivity contribution in [3.05, 3.63) is 59.7 Å². The highest BCUT2D eigenvalue weighted by Crippen LogP contribution is 2.15. The van der Waals surface area contributed by atoms with E-state index in [4.69, 9.17) is 2.74 Å². The Morgan fingerprint density at radius 1 is 1.14 bits per heavy atom. The molecule has 0 fully saturated rings. The Balaban J connectivity index is 1.89. The number of allylic oxidation sites excluding steroid dienone is 4. The van der Waals surface area contributed by atoms with Gasteiger partial charge < -0.3 is 0 Å². The first-order valence-electron chi connectivity index (χ1n) is 6.08. The number of aryl methyl sites for hydroxylation is 1. The van der Waals surface area contributed by atoms with E-state index in [0.29, 0.717) is 6.42 Å². The molecule has 0 nitrogen and oxygen atoms in total. The Kier molecular flexibility index (Phi) is 2.42. The van der Waals surface area contributed by atoms with Crippen LogP contribution in [0.25, 0.3) is 0 Å². The Hall–Kier alpha value is -1.30. The summed E-state index contributed by atoms with van der Waals surface area (Å²) < 4.78 is 15.1. The second-order valence-electron chi connectivity index (χ2n) is 3.51. The van der Waals surface area contributed by atoms with Crippen LogP contribution in [-0.2, 0) is 6.42 Å². The van der Waals surface area contributed by atoms with Crippen LogP contribution >= 0.6 is 0 Å². The Bertz CT molecular complexity index is 402. The van der Waals surface area contributed by atoms with Crippen LogP contribution < -0.4 is 0 Å². The number of hydrogen-bond donors (Lipinski definition) is 0. The van der Waals surface area contributed by atoms with Gasteiger partial charge in [0.25, 0.3) is 0 Å². The fraction of sp³-hybridized carbons (Fsp3) is 0.286. The minimum atomic E-state index is -1.14. The summed E-state index contributed by atoms with van der Waals surface area (Å²) in [6, 6.07) is 10.4. The highest BCUT2D eigenvalue weighted by atomic mass is 14.0. The Morgan fingerprint density at radius 2 is 2.00 bits per heavy atom. The Labute approximate surface area is 88.8 Å².